The maximum absolute atomic E-state index is 6.27. The molecular formula is C15H17NO. The standard InChI is InChI=1S/C15H17NO/c16-15(14-6-3-9-17-14)13-8-7-11-4-1-2-5-12(11)10-13/h1-2,4-5,7-8,10,14-15H,3,6,9,16H2. The normalized spacial score (nSPS) is 21.8. The molecule has 2 N–H and O–H groups in total. The van der Waals surface area contributed by atoms with E-state index >= 15 is 0 Å². The number of hydrogen-bond acceptors (Lipinski definition) is 2. The topological polar surface area (TPSA) is 35.2 Å². The fourth-order valence-corrected chi connectivity index (χ4v) is 2.52. The van der Waals surface area contributed by atoms with Crippen LogP contribution in [0.5, 0.6) is 0 Å². The Morgan fingerprint density at radius 1 is 1.12 bits per heavy atom. The molecule has 0 aliphatic carbocycles. The maximum Gasteiger partial charge on any atom is 0.0768 e. The minimum atomic E-state index is 0.00195. The van der Waals surface area contributed by atoms with Crippen LogP contribution in [0.15, 0.2) is 42.5 Å². The Hall–Kier alpha value is -1.38. The van der Waals surface area contributed by atoms with Crippen LogP contribution in [-0.4, -0.2) is 12.7 Å². The number of benzene rings is 2. The average molecular weight is 227 g/mol. The van der Waals surface area contributed by atoms with Gasteiger partial charge in [-0.25, -0.2) is 0 Å². The van der Waals surface area contributed by atoms with E-state index in [-0.39, 0.29) is 12.1 Å². The highest BCUT2D eigenvalue weighted by molar-refractivity contribution is 5.83. The molecule has 1 aliphatic heterocycles. The van der Waals surface area contributed by atoms with Crippen molar-refractivity contribution in [3.05, 3.63) is 48.0 Å². The largest absolute Gasteiger partial charge is 0.376 e. The maximum atomic E-state index is 6.27. The van der Waals surface area contributed by atoms with Gasteiger partial charge in [-0.3, -0.25) is 0 Å². The molecule has 1 aliphatic rings. The fourth-order valence-electron chi connectivity index (χ4n) is 2.52. The zero-order valence-electron chi connectivity index (χ0n) is 9.80. The van der Waals surface area contributed by atoms with Crippen molar-refractivity contribution in [3.63, 3.8) is 0 Å². The van der Waals surface area contributed by atoms with Crippen molar-refractivity contribution in [2.24, 2.45) is 5.73 Å². The zero-order chi connectivity index (χ0) is 11.7. The van der Waals surface area contributed by atoms with Crippen LogP contribution in [0.25, 0.3) is 10.8 Å². The first-order valence-electron chi connectivity index (χ1n) is 6.20. The molecule has 0 saturated carbocycles. The van der Waals surface area contributed by atoms with Gasteiger partial charge in [0.1, 0.15) is 0 Å². The minimum absolute atomic E-state index is 0.00195. The van der Waals surface area contributed by atoms with Gasteiger partial charge in [0.25, 0.3) is 0 Å². The van der Waals surface area contributed by atoms with Crippen molar-refractivity contribution in [1.82, 2.24) is 0 Å². The van der Waals surface area contributed by atoms with Crippen molar-refractivity contribution in [2.45, 2.75) is 25.0 Å². The van der Waals surface area contributed by atoms with Gasteiger partial charge in [-0.05, 0) is 35.2 Å². The quantitative estimate of drug-likeness (QED) is 0.856. The SMILES string of the molecule is NC(c1ccc2ccccc2c1)C1CCCO1. The molecule has 0 bridgehead atoms. The predicted molar refractivity (Wildman–Crippen MR) is 69.9 cm³/mol. The van der Waals surface area contributed by atoms with E-state index in [1.807, 2.05) is 0 Å². The summed E-state index contributed by atoms with van der Waals surface area (Å²) in [4.78, 5) is 0. The molecule has 0 aromatic heterocycles. The molecule has 2 aromatic carbocycles. The summed E-state index contributed by atoms with van der Waals surface area (Å²) in [6.45, 7) is 0.853. The second kappa shape index (κ2) is 4.47. The molecule has 0 spiro atoms. The number of hydrogen-bond donors (Lipinski definition) is 1. The van der Waals surface area contributed by atoms with Crippen LogP contribution in [0.2, 0.25) is 0 Å². The minimum Gasteiger partial charge on any atom is -0.376 e. The van der Waals surface area contributed by atoms with Crippen molar-refractivity contribution < 1.29 is 4.74 Å². The molecule has 2 aromatic rings. The van der Waals surface area contributed by atoms with Crippen molar-refractivity contribution in [3.8, 4) is 0 Å². The Balaban J connectivity index is 1.94. The molecule has 88 valence electrons. The third-order valence-corrected chi connectivity index (χ3v) is 3.52. The van der Waals surface area contributed by atoms with Crippen LogP contribution >= 0.6 is 0 Å². The van der Waals surface area contributed by atoms with Gasteiger partial charge in [0, 0.05) is 6.61 Å². The molecule has 3 rings (SSSR count). The van der Waals surface area contributed by atoms with Crippen LogP contribution in [0.4, 0.5) is 0 Å². The molecule has 2 nitrogen and oxygen atoms in total. The van der Waals surface area contributed by atoms with Gasteiger partial charge in [0.2, 0.25) is 0 Å². The van der Waals surface area contributed by atoms with Crippen LogP contribution in [0.1, 0.15) is 24.4 Å². The van der Waals surface area contributed by atoms with Gasteiger partial charge in [-0.1, -0.05) is 36.4 Å². The molecular weight excluding hydrogens is 210 g/mol. The molecule has 2 unspecified atom stereocenters. The van der Waals surface area contributed by atoms with E-state index in [4.69, 9.17) is 10.5 Å². The fraction of sp³-hybridized carbons (Fsp3) is 0.333. The van der Waals surface area contributed by atoms with Crippen LogP contribution in [0, 0.1) is 0 Å². The smallest absolute Gasteiger partial charge is 0.0768 e. The van der Waals surface area contributed by atoms with E-state index in [0.29, 0.717) is 0 Å². The van der Waals surface area contributed by atoms with Gasteiger partial charge in [-0.2, -0.15) is 0 Å². The highest BCUT2D eigenvalue weighted by Gasteiger charge is 2.24. The second-order valence-electron chi connectivity index (χ2n) is 4.68. The summed E-state index contributed by atoms with van der Waals surface area (Å²) in [6.07, 6.45) is 2.40. The first kappa shape index (κ1) is 10.8. The summed E-state index contributed by atoms with van der Waals surface area (Å²) >= 11 is 0. The molecule has 1 heterocycles. The molecule has 0 radical (unpaired) electrons. The first-order valence-corrected chi connectivity index (χ1v) is 6.20. The summed E-state index contributed by atoms with van der Waals surface area (Å²) in [6, 6.07) is 14.8. The number of rotatable bonds is 2. The molecule has 1 saturated heterocycles. The van der Waals surface area contributed by atoms with Crippen LogP contribution in [-0.2, 0) is 4.74 Å². The van der Waals surface area contributed by atoms with E-state index in [2.05, 4.69) is 42.5 Å². The Morgan fingerprint density at radius 3 is 2.71 bits per heavy atom. The average Bonchev–Trinajstić information content (AvgIpc) is 2.91. The lowest BCUT2D eigenvalue weighted by Crippen LogP contribution is -2.25. The zero-order valence-corrected chi connectivity index (χ0v) is 9.80. The third-order valence-electron chi connectivity index (χ3n) is 3.52. The number of nitrogens with two attached hydrogens (primary N) is 1. The van der Waals surface area contributed by atoms with Crippen LogP contribution in [0.3, 0.4) is 0 Å². The van der Waals surface area contributed by atoms with E-state index in [0.717, 1.165) is 19.4 Å². The van der Waals surface area contributed by atoms with Crippen molar-refractivity contribution in [1.29, 1.82) is 0 Å². The monoisotopic (exact) mass is 227 g/mol. The molecule has 0 amide bonds. The van der Waals surface area contributed by atoms with Crippen LogP contribution < -0.4 is 5.73 Å². The first-order chi connectivity index (χ1) is 8.34. The second-order valence-corrected chi connectivity index (χ2v) is 4.68. The van der Waals surface area contributed by atoms with Crippen molar-refractivity contribution in [2.75, 3.05) is 6.61 Å². The summed E-state index contributed by atoms with van der Waals surface area (Å²) in [5, 5.41) is 2.51. The van der Waals surface area contributed by atoms with E-state index in [1.165, 1.54) is 16.3 Å². The summed E-state index contributed by atoms with van der Waals surface area (Å²) in [5.74, 6) is 0. The van der Waals surface area contributed by atoms with E-state index in [1.54, 1.807) is 0 Å². The van der Waals surface area contributed by atoms with E-state index < -0.39 is 0 Å². The lowest BCUT2D eigenvalue weighted by molar-refractivity contribution is 0.0901. The number of ether oxygens (including phenoxy) is 1. The van der Waals surface area contributed by atoms with Gasteiger partial charge in [0.15, 0.2) is 0 Å². The van der Waals surface area contributed by atoms with E-state index in [9.17, 15) is 0 Å². The van der Waals surface area contributed by atoms with Gasteiger partial charge in [-0.15, -0.1) is 0 Å². The Kier molecular flexibility index (Phi) is 2.83. The highest BCUT2D eigenvalue weighted by atomic mass is 16.5. The Labute approximate surface area is 101 Å². The van der Waals surface area contributed by atoms with Gasteiger partial charge in [0.05, 0.1) is 12.1 Å². The summed E-state index contributed by atoms with van der Waals surface area (Å²) in [7, 11) is 0. The molecule has 2 heteroatoms. The lowest BCUT2D eigenvalue weighted by atomic mass is 9.97. The van der Waals surface area contributed by atoms with Crippen molar-refractivity contribution >= 4 is 10.8 Å². The number of fused-ring (bicyclic) bond motifs is 1. The summed E-state index contributed by atoms with van der Waals surface area (Å²) < 4.78 is 5.66. The third kappa shape index (κ3) is 2.06. The highest BCUT2D eigenvalue weighted by Crippen LogP contribution is 2.27. The van der Waals surface area contributed by atoms with Gasteiger partial charge < -0.3 is 10.5 Å². The Bertz CT molecular complexity index is 517. The summed E-state index contributed by atoms with van der Waals surface area (Å²) in [5.41, 5.74) is 7.44. The molecule has 17 heavy (non-hydrogen) atoms. The Morgan fingerprint density at radius 2 is 1.94 bits per heavy atom. The molecule has 2 atom stereocenters. The lowest BCUT2D eigenvalue weighted by Gasteiger charge is -2.19. The van der Waals surface area contributed by atoms with Gasteiger partial charge >= 0.3 is 0 Å². The predicted octanol–water partition coefficient (Wildman–Crippen LogP) is 3.02. The molecule has 1 fully saturated rings.